The first-order valence-corrected chi connectivity index (χ1v) is 4.76. The first kappa shape index (κ1) is 11.3. The summed E-state index contributed by atoms with van der Waals surface area (Å²) in [6, 6.07) is 3.71. The van der Waals surface area contributed by atoms with E-state index in [0.717, 1.165) is 17.0 Å². The van der Waals surface area contributed by atoms with Crippen LogP contribution >= 0.6 is 0 Å². The molecular formula is C12H13NO2. The van der Waals surface area contributed by atoms with Crippen LogP contribution in [0.4, 0.5) is 0 Å². The monoisotopic (exact) mass is 203 g/mol. The molecule has 0 aliphatic heterocycles. The molecule has 0 aliphatic carbocycles. The molecule has 3 heteroatoms. The normalized spacial score (nSPS) is 9.00. The minimum atomic E-state index is -0.502. The number of esters is 1. The van der Waals surface area contributed by atoms with E-state index in [4.69, 9.17) is 4.74 Å². The topological polar surface area (TPSA) is 39.2 Å². The summed E-state index contributed by atoms with van der Waals surface area (Å²) in [5, 5.41) is 0. The van der Waals surface area contributed by atoms with Gasteiger partial charge in [-0.1, -0.05) is 5.92 Å². The predicted octanol–water partition coefficient (Wildman–Crippen LogP) is 1.61. The molecule has 0 fully saturated rings. The fraction of sp³-hybridized carbons (Fsp3) is 0.333. The molecule has 1 heterocycles. The summed E-state index contributed by atoms with van der Waals surface area (Å²) in [6.07, 6.45) is 0. The Morgan fingerprint density at radius 2 is 2.20 bits per heavy atom. The second-order valence-electron chi connectivity index (χ2n) is 3.06. The SMILES string of the molecule is CCOC(=O)C#Cc1ccc(C)nc1C. The van der Waals surface area contributed by atoms with Gasteiger partial charge in [-0.15, -0.1) is 0 Å². The van der Waals surface area contributed by atoms with E-state index in [-0.39, 0.29) is 0 Å². The predicted molar refractivity (Wildman–Crippen MR) is 57.2 cm³/mol. The number of nitrogens with zero attached hydrogens (tertiary/aromatic N) is 1. The van der Waals surface area contributed by atoms with Gasteiger partial charge in [-0.3, -0.25) is 4.98 Å². The van der Waals surface area contributed by atoms with E-state index in [1.165, 1.54) is 0 Å². The van der Waals surface area contributed by atoms with Gasteiger partial charge >= 0.3 is 5.97 Å². The van der Waals surface area contributed by atoms with Crippen LogP contribution in [0.1, 0.15) is 23.9 Å². The summed E-state index contributed by atoms with van der Waals surface area (Å²) in [6.45, 7) is 5.87. The third-order valence-electron chi connectivity index (χ3n) is 1.80. The fourth-order valence-electron chi connectivity index (χ4n) is 1.10. The number of carbonyl (C=O) groups excluding carboxylic acids is 1. The van der Waals surface area contributed by atoms with Gasteiger partial charge in [0.25, 0.3) is 0 Å². The maximum atomic E-state index is 11.0. The molecule has 0 atom stereocenters. The molecule has 1 aromatic rings. The number of aromatic nitrogens is 1. The highest BCUT2D eigenvalue weighted by molar-refractivity contribution is 5.89. The van der Waals surface area contributed by atoms with E-state index < -0.39 is 5.97 Å². The van der Waals surface area contributed by atoms with Crippen LogP contribution in [-0.2, 0) is 9.53 Å². The average Bonchev–Trinajstić information content (AvgIpc) is 2.17. The van der Waals surface area contributed by atoms with E-state index in [2.05, 4.69) is 16.8 Å². The number of hydrogen-bond donors (Lipinski definition) is 0. The highest BCUT2D eigenvalue weighted by Crippen LogP contribution is 2.04. The first-order valence-electron chi connectivity index (χ1n) is 4.76. The van der Waals surface area contributed by atoms with Crippen LogP contribution in [0.15, 0.2) is 12.1 Å². The van der Waals surface area contributed by atoms with Crippen molar-refractivity contribution in [2.45, 2.75) is 20.8 Å². The zero-order chi connectivity index (χ0) is 11.3. The molecule has 15 heavy (non-hydrogen) atoms. The summed E-state index contributed by atoms with van der Waals surface area (Å²) in [4.78, 5) is 15.2. The van der Waals surface area contributed by atoms with Crippen molar-refractivity contribution in [1.29, 1.82) is 0 Å². The Kier molecular flexibility index (Phi) is 3.87. The van der Waals surface area contributed by atoms with Gasteiger partial charge in [-0.25, -0.2) is 4.79 Å². The third-order valence-corrected chi connectivity index (χ3v) is 1.80. The molecule has 0 aromatic carbocycles. The molecule has 0 spiro atoms. The zero-order valence-electron chi connectivity index (χ0n) is 9.13. The molecule has 0 N–H and O–H groups in total. The Morgan fingerprint density at radius 1 is 1.47 bits per heavy atom. The fourth-order valence-corrected chi connectivity index (χ4v) is 1.10. The number of carbonyl (C=O) groups is 1. The second-order valence-corrected chi connectivity index (χ2v) is 3.06. The number of aryl methyl sites for hydroxylation is 2. The van der Waals surface area contributed by atoms with Crippen LogP contribution < -0.4 is 0 Å². The number of hydrogen-bond acceptors (Lipinski definition) is 3. The highest BCUT2D eigenvalue weighted by atomic mass is 16.5. The van der Waals surface area contributed by atoms with Crippen LogP contribution in [0.25, 0.3) is 0 Å². The Hall–Kier alpha value is -1.82. The van der Waals surface area contributed by atoms with Crippen LogP contribution in [0.5, 0.6) is 0 Å². The van der Waals surface area contributed by atoms with Crippen molar-refractivity contribution in [2.75, 3.05) is 6.61 Å². The summed E-state index contributed by atoms with van der Waals surface area (Å²) in [7, 11) is 0. The summed E-state index contributed by atoms with van der Waals surface area (Å²) in [5.41, 5.74) is 2.52. The standard InChI is InChI=1S/C12H13NO2/c1-4-15-12(14)8-7-11-6-5-9(2)13-10(11)3/h5-6H,4H2,1-3H3. The van der Waals surface area contributed by atoms with E-state index in [9.17, 15) is 4.79 Å². The maximum Gasteiger partial charge on any atom is 0.384 e. The average molecular weight is 203 g/mol. The van der Waals surface area contributed by atoms with Crippen LogP contribution in [0, 0.1) is 25.7 Å². The first-order chi connectivity index (χ1) is 7.13. The number of rotatable bonds is 1. The molecular weight excluding hydrogens is 190 g/mol. The van der Waals surface area contributed by atoms with E-state index in [0.29, 0.717) is 6.61 Å². The van der Waals surface area contributed by atoms with Crippen molar-refractivity contribution in [1.82, 2.24) is 4.98 Å². The third kappa shape index (κ3) is 3.43. The quantitative estimate of drug-likeness (QED) is 0.514. The van der Waals surface area contributed by atoms with Crippen molar-refractivity contribution in [3.63, 3.8) is 0 Å². The van der Waals surface area contributed by atoms with Gasteiger partial charge in [0, 0.05) is 17.2 Å². The molecule has 1 rings (SSSR count). The van der Waals surface area contributed by atoms with Gasteiger partial charge in [0.2, 0.25) is 0 Å². The highest BCUT2D eigenvalue weighted by Gasteiger charge is 1.97. The van der Waals surface area contributed by atoms with Crippen molar-refractivity contribution in [3.05, 3.63) is 29.1 Å². The molecule has 0 radical (unpaired) electrons. The van der Waals surface area contributed by atoms with Crippen molar-refractivity contribution >= 4 is 5.97 Å². The lowest BCUT2D eigenvalue weighted by molar-refractivity contribution is -0.136. The van der Waals surface area contributed by atoms with Gasteiger partial charge < -0.3 is 4.74 Å². The van der Waals surface area contributed by atoms with E-state index >= 15 is 0 Å². The molecule has 78 valence electrons. The van der Waals surface area contributed by atoms with Crippen molar-refractivity contribution < 1.29 is 9.53 Å². The molecule has 0 amide bonds. The van der Waals surface area contributed by atoms with E-state index in [1.807, 2.05) is 26.0 Å². The summed E-state index contributed by atoms with van der Waals surface area (Å²) < 4.78 is 4.69. The number of pyridine rings is 1. The molecule has 3 nitrogen and oxygen atoms in total. The minimum absolute atomic E-state index is 0.346. The molecule has 0 saturated heterocycles. The van der Waals surface area contributed by atoms with Crippen LogP contribution in [0.3, 0.4) is 0 Å². The maximum absolute atomic E-state index is 11.0. The Bertz CT molecular complexity index is 427. The molecule has 1 aromatic heterocycles. The lowest BCUT2D eigenvalue weighted by Crippen LogP contribution is -2.00. The second kappa shape index (κ2) is 5.16. The summed E-state index contributed by atoms with van der Waals surface area (Å²) in [5.74, 6) is 4.64. The largest absolute Gasteiger partial charge is 0.456 e. The molecule has 0 aliphatic rings. The zero-order valence-corrected chi connectivity index (χ0v) is 9.13. The lowest BCUT2D eigenvalue weighted by atomic mass is 10.2. The molecule has 0 saturated carbocycles. The minimum Gasteiger partial charge on any atom is -0.456 e. The lowest BCUT2D eigenvalue weighted by Gasteiger charge is -1.97. The van der Waals surface area contributed by atoms with Gasteiger partial charge in [0.05, 0.1) is 12.3 Å². The summed E-state index contributed by atoms with van der Waals surface area (Å²) >= 11 is 0. The molecule has 0 bridgehead atoms. The van der Waals surface area contributed by atoms with Crippen LogP contribution in [-0.4, -0.2) is 17.6 Å². The Morgan fingerprint density at radius 3 is 2.80 bits per heavy atom. The van der Waals surface area contributed by atoms with Gasteiger partial charge in [0.15, 0.2) is 0 Å². The van der Waals surface area contributed by atoms with Gasteiger partial charge in [-0.2, -0.15) is 0 Å². The van der Waals surface area contributed by atoms with Gasteiger partial charge in [0.1, 0.15) is 0 Å². The van der Waals surface area contributed by atoms with E-state index in [1.54, 1.807) is 6.92 Å². The number of ether oxygens (including phenoxy) is 1. The molecule has 0 unspecified atom stereocenters. The van der Waals surface area contributed by atoms with Crippen molar-refractivity contribution in [3.8, 4) is 11.8 Å². The van der Waals surface area contributed by atoms with Crippen molar-refractivity contribution in [2.24, 2.45) is 0 Å². The Labute approximate surface area is 89.5 Å². The Balaban J connectivity index is 2.84. The van der Waals surface area contributed by atoms with Gasteiger partial charge in [-0.05, 0) is 32.9 Å². The van der Waals surface area contributed by atoms with Crippen LogP contribution in [0.2, 0.25) is 0 Å². The smallest absolute Gasteiger partial charge is 0.384 e.